The molecule has 1 aliphatic heterocycles. The minimum Gasteiger partial charge on any atom is -0.492 e. The Balaban J connectivity index is 1.28. The second kappa shape index (κ2) is 10.7. The topological polar surface area (TPSA) is 98.4 Å². The smallest absolute Gasteiger partial charge is 0.416 e. The average molecular weight is 562 g/mol. The van der Waals surface area contributed by atoms with Gasteiger partial charge in [-0.1, -0.05) is 24.3 Å². The second-order valence-corrected chi connectivity index (χ2v) is 10.5. The van der Waals surface area contributed by atoms with Crippen molar-refractivity contribution in [2.45, 2.75) is 37.7 Å². The molecule has 206 valence electrons. The molecular formula is C30H29ClFN5O3. The average Bonchev–Trinajstić information content (AvgIpc) is 3.47. The van der Waals surface area contributed by atoms with Crippen molar-refractivity contribution in [3.05, 3.63) is 93.5 Å². The zero-order chi connectivity index (χ0) is 27.8. The number of nitrogens with one attached hydrogen (secondary N) is 1. The van der Waals surface area contributed by atoms with Gasteiger partial charge in [0.25, 0.3) is 0 Å². The second-order valence-electron chi connectivity index (χ2n) is 9.99. The van der Waals surface area contributed by atoms with Crippen LogP contribution in [0.5, 0.6) is 11.5 Å². The maximum absolute atomic E-state index is 13.4. The quantitative estimate of drug-likeness (QED) is 0.346. The number of carbonyl (C=O) groups excluding carboxylic acids is 1. The number of rotatable bonds is 6. The van der Waals surface area contributed by atoms with Crippen molar-refractivity contribution in [2.75, 3.05) is 18.9 Å². The summed E-state index contributed by atoms with van der Waals surface area (Å²) in [6.45, 7) is 3.40. The molecule has 2 atom stereocenters. The van der Waals surface area contributed by atoms with Gasteiger partial charge in [0.1, 0.15) is 35.8 Å². The third kappa shape index (κ3) is 5.16. The summed E-state index contributed by atoms with van der Waals surface area (Å²) >= 11 is 6.45. The highest BCUT2D eigenvalue weighted by molar-refractivity contribution is 6.24. The molecule has 0 radical (unpaired) electrons. The summed E-state index contributed by atoms with van der Waals surface area (Å²) in [6, 6.07) is 14.5. The first-order valence-corrected chi connectivity index (χ1v) is 13.6. The van der Waals surface area contributed by atoms with Crippen molar-refractivity contribution in [1.29, 1.82) is 0 Å². The maximum atomic E-state index is 13.4. The molecule has 1 aliphatic carbocycles. The van der Waals surface area contributed by atoms with Gasteiger partial charge in [-0.3, -0.25) is 9.58 Å². The summed E-state index contributed by atoms with van der Waals surface area (Å²) in [4.78, 5) is 18.7. The van der Waals surface area contributed by atoms with Gasteiger partial charge in [0, 0.05) is 34.6 Å². The fourth-order valence-corrected chi connectivity index (χ4v) is 5.62. The van der Waals surface area contributed by atoms with Crippen molar-refractivity contribution in [3.63, 3.8) is 0 Å². The van der Waals surface area contributed by atoms with Crippen LogP contribution in [0.25, 0.3) is 12.2 Å². The molecule has 0 spiro atoms. The molecule has 0 saturated heterocycles. The number of halogens is 2. The molecule has 6 rings (SSSR count). The Morgan fingerprint density at radius 3 is 2.65 bits per heavy atom. The van der Waals surface area contributed by atoms with Crippen molar-refractivity contribution >= 4 is 35.7 Å². The van der Waals surface area contributed by atoms with E-state index >= 15 is 0 Å². The highest BCUT2D eigenvalue weighted by Crippen LogP contribution is 2.34. The number of anilines is 1. The van der Waals surface area contributed by atoms with Gasteiger partial charge in [0.15, 0.2) is 0 Å². The van der Waals surface area contributed by atoms with Gasteiger partial charge in [-0.25, -0.2) is 9.18 Å². The monoisotopic (exact) mass is 561 g/mol. The summed E-state index contributed by atoms with van der Waals surface area (Å²) in [7, 11) is 0. The molecule has 3 N–H and O–H groups in total. The predicted octanol–water partition coefficient (Wildman–Crippen LogP) is 4.04. The summed E-state index contributed by atoms with van der Waals surface area (Å²) in [5, 5.41) is 6.32. The van der Waals surface area contributed by atoms with E-state index in [1.807, 2.05) is 41.9 Å². The lowest BCUT2D eigenvalue weighted by Gasteiger charge is -2.35. The molecule has 0 saturated carbocycles. The number of hydrogen-bond donors (Lipinski definition) is 2. The molecule has 1 amide bonds. The molecule has 0 fully saturated rings. The number of benzene rings is 2. The van der Waals surface area contributed by atoms with Crippen molar-refractivity contribution < 1.29 is 18.7 Å². The first kappa shape index (κ1) is 26.0. The van der Waals surface area contributed by atoms with E-state index in [2.05, 4.69) is 22.2 Å². The molecule has 0 bridgehead atoms. The standard InChI is InChI=1S/C30H29ClFN5O3/c1-18-16-27(33)35-37(18)14-15-39-22-7-2-19(3-8-22)29-28-24(25-17-20(31)4-11-26(25)34-28)12-13-36(29)30(38)40-23-9-5-21(32)6-10-23/h2-3,5-11,16-17,20,29,34H,4,12-15H2,1H3,(H2,33,35). The summed E-state index contributed by atoms with van der Waals surface area (Å²) in [5.74, 6) is 1.08. The number of aromatic nitrogens is 3. The van der Waals surface area contributed by atoms with E-state index in [4.69, 9.17) is 26.8 Å². The molecular weight excluding hydrogens is 533 g/mol. The SMILES string of the molecule is Cc1cc(N)nn1CCOc1ccc(C2c3[nH]c4c(c3CCN2C(=O)Oc2ccc(F)cc2)=CC(Cl)CC=4)cc1. The highest BCUT2D eigenvalue weighted by atomic mass is 35.5. The molecule has 3 heterocycles. The summed E-state index contributed by atoms with van der Waals surface area (Å²) in [5.41, 5.74) is 9.73. The Bertz CT molecular complexity index is 1660. The molecule has 40 heavy (non-hydrogen) atoms. The fraction of sp³-hybridized carbons (Fsp3) is 0.267. The molecule has 2 unspecified atom stereocenters. The molecule has 2 aromatic carbocycles. The number of hydrogen-bond acceptors (Lipinski definition) is 5. The van der Waals surface area contributed by atoms with Crippen LogP contribution in [0.1, 0.15) is 35.0 Å². The Kier molecular flexibility index (Phi) is 6.98. The molecule has 2 aromatic heterocycles. The van der Waals surface area contributed by atoms with E-state index in [1.165, 1.54) is 24.3 Å². The van der Waals surface area contributed by atoms with Gasteiger partial charge in [-0.15, -0.1) is 11.6 Å². The number of H-pyrrole nitrogens is 1. The minimum atomic E-state index is -0.507. The lowest BCUT2D eigenvalue weighted by molar-refractivity contribution is 0.135. The van der Waals surface area contributed by atoms with E-state index in [9.17, 15) is 9.18 Å². The zero-order valence-electron chi connectivity index (χ0n) is 21.9. The maximum Gasteiger partial charge on any atom is 0.416 e. The number of nitrogen functional groups attached to an aromatic ring is 1. The number of alkyl halides is 1. The van der Waals surface area contributed by atoms with Crippen LogP contribution in [0.3, 0.4) is 0 Å². The Labute approximate surface area is 235 Å². The van der Waals surface area contributed by atoms with Crippen LogP contribution < -0.4 is 25.8 Å². The molecule has 8 nitrogen and oxygen atoms in total. The van der Waals surface area contributed by atoms with Gasteiger partial charge in [0.05, 0.1) is 11.9 Å². The van der Waals surface area contributed by atoms with Gasteiger partial charge in [-0.2, -0.15) is 5.10 Å². The Hall–Kier alpha value is -4.24. The lowest BCUT2D eigenvalue weighted by Crippen LogP contribution is -2.43. The van der Waals surface area contributed by atoms with Crippen LogP contribution in [0, 0.1) is 12.7 Å². The molecule has 2 aliphatic rings. The van der Waals surface area contributed by atoms with Crippen molar-refractivity contribution in [3.8, 4) is 11.5 Å². The largest absolute Gasteiger partial charge is 0.492 e. The number of aromatic amines is 1. The number of carbonyl (C=O) groups is 1. The van der Waals surface area contributed by atoms with Crippen LogP contribution >= 0.6 is 11.6 Å². The first-order valence-electron chi connectivity index (χ1n) is 13.2. The fourth-order valence-electron chi connectivity index (χ4n) is 5.41. The highest BCUT2D eigenvalue weighted by Gasteiger charge is 2.35. The third-order valence-electron chi connectivity index (χ3n) is 7.31. The van der Waals surface area contributed by atoms with Crippen LogP contribution in [0.2, 0.25) is 0 Å². The summed E-state index contributed by atoms with van der Waals surface area (Å²) in [6.07, 6.45) is 5.08. The first-order chi connectivity index (χ1) is 19.4. The minimum absolute atomic E-state index is 0.0641. The number of ether oxygens (including phenoxy) is 2. The van der Waals surface area contributed by atoms with Crippen molar-refractivity contribution in [1.82, 2.24) is 19.7 Å². The Morgan fingerprint density at radius 2 is 1.93 bits per heavy atom. The Morgan fingerprint density at radius 1 is 1.18 bits per heavy atom. The summed E-state index contributed by atoms with van der Waals surface area (Å²) < 4.78 is 26.8. The van der Waals surface area contributed by atoms with E-state index < -0.39 is 18.0 Å². The van der Waals surface area contributed by atoms with E-state index in [0.717, 1.165) is 39.5 Å². The number of nitrogens with zero attached hydrogens (tertiary/aromatic N) is 3. The molecule has 10 heteroatoms. The zero-order valence-corrected chi connectivity index (χ0v) is 22.7. The van der Waals surface area contributed by atoms with Crippen LogP contribution in [0.15, 0.2) is 54.6 Å². The number of amides is 1. The number of aryl methyl sites for hydroxylation is 1. The third-order valence-corrected chi connectivity index (χ3v) is 7.62. The van der Waals surface area contributed by atoms with E-state index in [1.54, 1.807) is 4.90 Å². The lowest BCUT2D eigenvalue weighted by atomic mass is 9.92. The van der Waals surface area contributed by atoms with Crippen LogP contribution in [-0.4, -0.2) is 44.3 Å². The van der Waals surface area contributed by atoms with Gasteiger partial charge >= 0.3 is 6.09 Å². The van der Waals surface area contributed by atoms with Crippen LogP contribution in [-0.2, 0) is 13.0 Å². The number of nitrogens with two attached hydrogens (primary N) is 1. The van der Waals surface area contributed by atoms with Gasteiger partial charge in [-0.05, 0) is 67.3 Å². The van der Waals surface area contributed by atoms with Gasteiger partial charge in [0.2, 0.25) is 0 Å². The normalized spacial score (nSPS) is 17.8. The molecule has 4 aromatic rings. The van der Waals surface area contributed by atoms with E-state index in [0.29, 0.717) is 37.7 Å². The van der Waals surface area contributed by atoms with Crippen molar-refractivity contribution in [2.24, 2.45) is 0 Å². The van der Waals surface area contributed by atoms with E-state index in [-0.39, 0.29) is 11.1 Å². The predicted molar refractivity (Wildman–Crippen MR) is 151 cm³/mol. The number of fused-ring (bicyclic) bond motifs is 3. The van der Waals surface area contributed by atoms with Crippen LogP contribution in [0.4, 0.5) is 15.0 Å². The van der Waals surface area contributed by atoms with Gasteiger partial charge < -0.3 is 20.2 Å².